The molecular weight excluding hydrogens is 401 g/mol. The lowest BCUT2D eigenvalue weighted by Crippen LogP contribution is -2.32. The van der Waals surface area contributed by atoms with Crippen molar-refractivity contribution in [2.24, 2.45) is 5.92 Å². The van der Waals surface area contributed by atoms with Crippen LogP contribution in [0.15, 0.2) is 47.0 Å². The molecule has 0 radical (unpaired) electrons. The molecule has 0 saturated carbocycles. The highest BCUT2D eigenvalue weighted by atomic mass is 35.5. The number of benzene rings is 2. The minimum absolute atomic E-state index is 0.0131. The largest absolute Gasteiger partial charge is 0.497 e. The Morgan fingerprint density at radius 1 is 1.14 bits per heavy atom. The summed E-state index contributed by atoms with van der Waals surface area (Å²) >= 11 is 12.0. The van der Waals surface area contributed by atoms with E-state index in [1.165, 1.54) is 6.07 Å². The van der Waals surface area contributed by atoms with Crippen molar-refractivity contribution in [2.45, 2.75) is 19.9 Å². The van der Waals surface area contributed by atoms with Crippen molar-refractivity contribution in [3.05, 3.63) is 64.0 Å². The minimum Gasteiger partial charge on any atom is -0.497 e. The van der Waals surface area contributed by atoms with Crippen molar-refractivity contribution in [1.82, 2.24) is 15.5 Å². The van der Waals surface area contributed by atoms with Gasteiger partial charge < -0.3 is 14.6 Å². The first-order valence-corrected chi connectivity index (χ1v) is 9.38. The second-order valence-corrected chi connectivity index (χ2v) is 7.35. The Balaban J connectivity index is 1.82. The fraction of sp³-hybridized carbons (Fsp3) is 0.250. The molecule has 146 valence electrons. The molecule has 1 atom stereocenters. The van der Waals surface area contributed by atoms with Gasteiger partial charge in [-0.25, -0.2) is 0 Å². The number of carbonyl (C=O) groups is 1. The van der Waals surface area contributed by atoms with Crippen LogP contribution in [0, 0.1) is 5.92 Å². The van der Waals surface area contributed by atoms with Crippen LogP contribution in [0.4, 0.5) is 0 Å². The van der Waals surface area contributed by atoms with Crippen LogP contribution in [-0.4, -0.2) is 23.2 Å². The van der Waals surface area contributed by atoms with Crippen molar-refractivity contribution in [3.8, 4) is 17.1 Å². The van der Waals surface area contributed by atoms with Crippen LogP contribution < -0.4 is 10.1 Å². The third-order valence-corrected chi connectivity index (χ3v) is 4.73. The summed E-state index contributed by atoms with van der Waals surface area (Å²) in [6.45, 7) is 3.90. The maximum Gasteiger partial charge on any atom is 0.253 e. The molecule has 0 aliphatic rings. The predicted octanol–water partition coefficient (Wildman–Crippen LogP) is 5.18. The summed E-state index contributed by atoms with van der Waals surface area (Å²) in [6.07, 6.45) is 0. The van der Waals surface area contributed by atoms with Gasteiger partial charge in [-0.3, -0.25) is 4.79 Å². The number of nitrogens with one attached hydrogen (secondary N) is 1. The Hall–Kier alpha value is -2.57. The number of ether oxygens (including phenoxy) is 1. The molecule has 1 amide bonds. The normalized spacial score (nSPS) is 12.1. The van der Waals surface area contributed by atoms with E-state index in [4.69, 9.17) is 32.5 Å². The topological polar surface area (TPSA) is 77.3 Å². The molecule has 0 aliphatic carbocycles. The lowest BCUT2D eigenvalue weighted by Gasteiger charge is -2.19. The first kappa shape index (κ1) is 20.2. The molecule has 3 rings (SSSR count). The van der Waals surface area contributed by atoms with Crippen molar-refractivity contribution in [2.75, 3.05) is 7.11 Å². The second-order valence-electron chi connectivity index (χ2n) is 6.50. The van der Waals surface area contributed by atoms with Gasteiger partial charge in [0.1, 0.15) is 11.8 Å². The van der Waals surface area contributed by atoms with Crippen LogP contribution in [-0.2, 0) is 0 Å². The van der Waals surface area contributed by atoms with Gasteiger partial charge >= 0.3 is 0 Å². The number of amides is 1. The molecule has 8 heteroatoms. The molecule has 0 bridgehead atoms. The number of methoxy groups -OCH3 is 1. The predicted molar refractivity (Wildman–Crippen MR) is 108 cm³/mol. The molecular formula is C20H19Cl2N3O3. The third-order valence-electron chi connectivity index (χ3n) is 4.19. The average molecular weight is 420 g/mol. The van der Waals surface area contributed by atoms with Gasteiger partial charge in [-0.2, -0.15) is 4.98 Å². The van der Waals surface area contributed by atoms with Gasteiger partial charge in [0.25, 0.3) is 5.91 Å². The number of hydrogen-bond donors (Lipinski definition) is 1. The van der Waals surface area contributed by atoms with E-state index in [1.807, 2.05) is 38.1 Å². The van der Waals surface area contributed by atoms with Gasteiger partial charge in [0.05, 0.1) is 17.7 Å². The first-order chi connectivity index (χ1) is 13.4. The maximum absolute atomic E-state index is 12.7. The number of rotatable bonds is 6. The van der Waals surface area contributed by atoms with E-state index >= 15 is 0 Å². The van der Waals surface area contributed by atoms with E-state index in [2.05, 4.69) is 15.5 Å². The molecule has 1 N–H and O–H groups in total. The molecule has 0 aliphatic heterocycles. The zero-order valence-electron chi connectivity index (χ0n) is 15.6. The fourth-order valence-corrected chi connectivity index (χ4v) is 3.12. The van der Waals surface area contributed by atoms with Crippen molar-refractivity contribution in [3.63, 3.8) is 0 Å². The summed E-state index contributed by atoms with van der Waals surface area (Å²) < 4.78 is 10.6. The molecule has 6 nitrogen and oxygen atoms in total. The van der Waals surface area contributed by atoms with E-state index < -0.39 is 6.04 Å². The highest BCUT2D eigenvalue weighted by Crippen LogP contribution is 2.26. The Labute approximate surface area is 172 Å². The van der Waals surface area contributed by atoms with Gasteiger partial charge in [-0.15, -0.1) is 0 Å². The molecule has 0 fully saturated rings. The van der Waals surface area contributed by atoms with Gasteiger partial charge in [-0.05, 0) is 48.4 Å². The quantitative estimate of drug-likeness (QED) is 0.595. The van der Waals surface area contributed by atoms with E-state index in [9.17, 15) is 4.79 Å². The highest BCUT2D eigenvalue weighted by Gasteiger charge is 2.26. The summed E-state index contributed by atoms with van der Waals surface area (Å²) in [4.78, 5) is 17.1. The van der Waals surface area contributed by atoms with Gasteiger partial charge in [-0.1, -0.05) is 42.2 Å². The third kappa shape index (κ3) is 4.46. The van der Waals surface area contributed by atoms with Gasteiger partial charge in [0.2, 0.25) is 11.7 Å². The number of nitrogens with zero attached hydrogens (tertiary/aromatic N) is 2. The second kappa shape index (κ2) is 8.63. The fourth-order valence-electron chi connectivity index (χ4n) is 2.63. The molecule has 28 heavy (non-hydrogen) atoms. The van der Waals surface area contributed by atoms with Crippen LogP contribution in [0.25, 0.3) is 11.4 Å². The van der Waals surface area contributed by atoms with E-state index in [-0.39, 0.29) is 16.8 Å². The Bertz CT molecular complexity index is 971. The summed E-state index contributed by atoms with van der Waals surface area (Å²) in [5.74, 6) is 1.16. The van der Waals surface area contributed by atoms with Gasteiger partial charge in [0, 0.05) is 10.6 Å². The van der Waals surface area contributed by atoms with Crippen LogP contribution in [0.3, 0.4) is 0 Å². The Kier molecular flexibility index (Phi) is 6.21. The van der Waals surface area contributed by atoms with E-state index in [0.717, 1.165) is 11.3 Å². The smallest absolute Gasteiger partial charge is 0.253 e. The number of aromatic nitrogens is 2. The van der Waals surface area contributed by atoms with Crippen LogP contribution in [0.1, 0.15) is 36.1 Å². The van der Waals surface area contributed by atoms with Crippen LogP contribution in [0.5, 0.6) is 5.75 Å². The maximum atomic E-state index is 12.7. The molecule has 0 saturated heterocycles. The van der Waals surface area contributed by atoms with E-state index in [0.29, 0.717) is 22.3 Å². The standard InChI is InChI=1S/C20H19Cl2N3O3/c1-11(2)17(23-19(26)15-9-6-13(21)10-16(15)22)20-24-18(25-28-20)12-4-7-14(27-3)8-5-12/h4-11,17H,1-3H3,(H,23,26)/t17-/m0/s1. The average Bonchev–Trinajstić information content (AvgIpc) is 3.15. The lowest BCUT2D eigenvalue weighted by atomic mass is 10.0. The zero-order valence-corrected chi connectivity index (χ0v) is 17.1. The van der Waals surface area contributed by atoms with Crippen molar-refractivity contribution < 1.29 is 14.1 Å². The Morgan fingerprint density at radius 2 is 1.86 bits per heavy atom. The minimum atomic E-state index is -0.473. The van der Waals surface area contributed by atoms with Crippen LogP contribution >= 0.6 is 23.2 Å². The molecule has 1 heterocycles. The van der Waals surface area contributed by atoms with E-state index in [1.54, 1.807) is 19.2 Å². The number of hydrogen-bond acceptors (Lipinski definition) is 5. The van der Waals surface area contributed by atoms with Crippen LogP contribution in [0.2, 0.25) is 10.0 Å². The number of halogens is 2. The highest BCUT2D eigenvalue weighted by molar-refractivity contribution is 6.36. The molecule has 1 aromatic heterocycles. The summed E-state index contributed by atoms with van der Waals surface area (Å²) in [7, 11) is 1.60. The molecule has 0 spiro atoms. The van der Waals surface area contributed by atoms with Crippen molar-refractivity contribution in [1.29, 1.82) is 0 Å². The summed E-state index contributed by atoms with van der Waals surface area (Å²) in [5.41, 5.74) is 1.11. The SMILES string of the molecule is COc1ccc(-c2noc([C@@H](NC(=O)c3ccc(Cl)cc3Cl)C(C)C)n2)cc1. The summed E-state index contributed by atoms with van der Waals surface area (Å²) in [5, 5.41) is 7.68. The number of carbonyl (C=O) groups excluding carboxylic acids is 1. The lowest BCUT2D eigenvalue weighted by molar-refractivity contribution is 0.0914. The molecule has 3 aromatic rings. The van der Waals surface area contributed by atoms with Gasteiger partial charge in [0.15, 0.2) is 0 Å². The molecule has 2 aromatic carbocycles. The Morgan fingerprint density at radius 3 is 2.46 bits per heavy atom. The van der Waals surface area contributed by atoms with Crippen molar-refractivity contribution >= 4 is 29.1 Å². The first-order valence-electron chi connectivity index (χ1n) is 8.63. The monoisotopic (exact) mass is 419 g/mol. The zero-order chi connectivity index (χ0) is 20.3. The summed E-state index contributed by atoms with van der Waals surface area (Å²) in [6, 6.07) is 11.5. The molecule has 0 unspecified atom stereocenters.